The monoisotopic (exact) mass is 274 g/mol. The minimum Gasteiger partial charge on any atom is -0.456 e. The Labute approximate surface area is 113 Å². The lowest BCUT2D eigenvalue weighted by Gasteiger charge is -2.05. The number of nitrogen functional groups attached to an aromatic ring is 1. The number of carbonyl (C=O) groups is 1. The summed E-state index contributed by atoms with van der Waals surface area (Å²) in [5, 5.41) is 10.5. The molecule has 0 aliphatic heterocycles. The molecule has 2 aromatic rings. The number of nitro groups is 1. The van der Waals surface area contributed by atoms with Crippen molar-refractivity contribution in [3.8, 4) is 0 Å². The fourth-order valence-corrected chi connectivity index (χ4v) is 1.44. The summed E-state index contributed by atoms with van der Waals surface area (Å²) in [5.74, 6) is -0.713. The van der Waals surface area contributed by atoms with Crippen LogP contribution in [0.1, 0.15) is 16.1 Å². The Morgan fingerprint density at radius 2 is 1.90 bits per heavy atom. The van der Waals surface area contributed by atoms with Crippen LogP contribution in [0.2, 0.25) is 0 Å². The second-order valence-corrected chi connectivity index (χ2v) is 3.79. The molecule has 1 aromatic heterocycles. The van der Waals surface area contributed by atoms with E-state index in [0.29, 0.717) is 5.56 Å². The molecule has 1 heterocycles. The maximum Gasteiger partial charge on any atom is 0.361 e. The summed E-state index contributed by atoms with van der Waals surface area (Å²) < 4.78 is 5.00. The average molecular weight is 274 g/mol. The van der Waals surface area contributed by atoms with Crippen LogP contribution >= 0.6 is 0 Å². The van der Waals surface area contributed by atoms with Gasteiger partial charge in [0.1, 0.15) is 6.61 Å². The first-order valence-corrected chi connectivity index (χ1v) is 5.55. The van der Waals surface area contributed by atoms with E-state index in [4.69, 9.17) is 10.5 Å². The summed E-state index contributed by atoms with van der Waals surface area (Å²) in [6, 6.07) is 5.68. The summed E-state index contributed by atoms with van der Waals surface area (Å²) in [6.07, 6.45) is 2.70. The molecule has 8 heteroatoms. The number of nitrogens with two attached hydrogens (primary N) is 1. The van der Waals surface area contributed by atoms with Gasteiger partial charge in [0.15, 0.2) is 11.5 Å². The molecule has 0 saturated heterocycles. The number of esters is 1. The van der Waals surface area contributed by atoms with Crippen LogP contribution in [0, 0.1) is 10.1 Å². The number of benzene rings is 1. The van der Waals surface area contributed by atoms with Crippen molar-refractivity contribution in [3.05, 3.63) is 58.0 Å². The Balaban J connectivity index is 2.00. The number of carbonyl (C=O) groups excluding carboxylic acids is 1. The molecule has 0 fully saturated rings. The van der Waals surface area contributed by atoms with Crippen LogP contribution in [-0.4, -0.2) is 20.9 Å². The van der Waals surface area contributed by atoms with Crippen LogP contribution in [-0.2, 0) is 11.3 Å². The molecular formula is C12H10N4O4. The van der Waals surface area contributed by atoms with E-state index in [1.54, 1.807) is 0 Å². The summed E-state index contributed by atoms with van der Waals surface area (Å²) >= 11 is 0. The van der Waals surface area contributed by atoms with Crippen molar-refractivity contribution in [1.82, 2.24) is 9.97 Å². The number of hydrogen-bond donors (Lipinski definition) is 1. The summed E-state index contributed by atoms with van der Waals surface area (Å²) in [7, 11) is 0. The SMILES string of the molecule is Nc1nccnc1C(=O)OCc1ccc([N+](=O)[O-])cc1. The van der Waals surface area contributed by atoms with Gasteiger partial charge >= 0.3 is 5.97 Å². The first-order chi connectivity index (χ1) is 9.58. The standard InChI is InChI=1S/C12H10N4O4/c13-11-10(14-5-6-15-11)12(17)20-7-8-1-3-9(4-2-8)16(18)19/h1-6H,7H2,(H2,13,15). The predicted molar refractivity (Wildman–Crippen MR) is 68.7 cm³/mol. The van der Waals surface area contributed by atoms with Gasteiger partial charge in [-0.3, -0.25) is 10.1 Å². The zero-order chi connectivity index (χ0) is 14.5. The molecule has 0 unspecified atom stereocenters. The van der Waals surface area contributed by atoms with Crippen LogP contribution < -0.4 is 5.73 Å². The molecule has 0 bridgehead atoms. The normalized spacial score (nSPS) is 10.0. The van der Waals surface area contributed by atoms with Gasteiger partial charge in [-0.1, -0.05) is 0 Å². The highest BCUT2D eigenvalue weighted by Crippen LogP contribution is 2.13. The van der Waals surface area contributed by atoms with Crippen LogP contribution in [0.3, 0.4) is 0 Å². The van der Waals surface area contributed by atoms with Gasteiger partial charge in [-0.2, -0.15) is 0 Å². The number of ether oxygens (including phenoxy) is 1. The Hall–Kier alpha value is -3.03. The van der Waals surface area contributed by atoms with Crippen LogP contribution in [0.15, 0.2) is 36.7 Å². The smallest absolute Gasteiger partial charge is 0.361 e. The third kappa shape index (κ3) is 3.05. The molecule has 102 valence electrons. The number of non-ortho nitro benzene ring substituents is 1. The van der Waals surface area contributed by atoms with E-state index in [0.717, 1.165) is 0 Å². The van der Waals surface area contributed by atoms with E-state index in [1.807, 2.05) is 0 Å². The van der Waals surface area contributed by atoms with Gasteiger partial charge in [0.2, 0.25) is 0 Å². The van der Waals surface area contributed by atoms with Crippen LogP contribution in [0.4, 0.5) is 11.5 Å². The van der Waals surface area contributed by atoms with Crippen molar-refractivity contribution in [2.24, 2.45) is 0 Å². The predicted octanol–water partition coefficient (Wildman–Crippen LogP) is 1.32. The van der Waals surface area contributed by atoms with Crippen molar-refractivity contribution >= 4 is 17.5 Å². The third-order valence-corrected chi connectivity index (χ3v) is 2.44. The lowest BCUT2D eigenvalue weighted by Crippen LogP contribution is -2.11. The van der Waals surface area contributed by atoms with E-state index >= 15 is 0 Å². The number of anilines is 1. The Kier molecular flexibility index (Phi) is 3.85. The fourth-order valence-electron chi connectivity index (χ4n) is 1.44. The zero-order valence-electron chi connectivity index (χ0n) is 10.2. The maximum absolute atomic E-state index is 11.7. The fraction of sp³-hybridized carbons (Fsp3) is 0.0833. The third-order valence-electron chi connectivity index (χ3n) is 2.44. The number of nitro benzene ring substituents is 1. The van der Waals surface area contributed by atoms with Crippen molar-refractivity contribution in [2.75, 3.05) is 5.73 Å². The second-order valence-electron chi connectivity index (χ2n) is 3.79. The summed E-state index contributed by atoms with van der Waals surface area (Å²) in [6.45, 7) is -0.0349. The van der Waals surface area contributed by atoms with Crippen molar-refractivity contribution in [2.45, 2.75) is 6.61 Å². The molecular weight excluding hydrogens is 264 g/mol. The minimum atomic E-state index is -0.700. The molecule has 0 amide bonds. The van der Waals surface area contributed by atoms with Gasteiger partial charge in [-0.25, -0.2) is 14.8 Å². The first-order valence-electron chi connectivity index (χ1n) is 5.55. The number of rotatable bonds is 4. The van der Waals surface area contributed by atoms with E-state index in [2.05, 4.69) is 9.97 Å². The van der Waals surface area contributed by atoms with Gasteiger partial charge in [0.05, 0.1) is 4.92 Å². The topological polar surface area (TPSA) is 121 Å². The lowest BCUT2D eigenvalue weighted by atomic mass is 10.2. The summed E-state index contributed by atoms with van der Waals surface area (Å²) in [5.41, 5.74) is 6.02. The highest BCUT2D eigenvalue weighted by Gasteiger charge is 2.13. The molecule has 2 N–H and O–H groups in total. The maximum atomic E-state index is 11.7. The molecule has 0 saturated carbocycles. The van der Waals surface area contributed by atoms with Crippen LogP contribution in [0.5, 0.6) is 0 Å². The van der Waals surface area contributed by atoms with Gasteiger partial charge < -0.3 is 10.5 Å². The van der Waals surface area contributed by atoms with Gasteiger partial charge in [-0.15, -0.1) is 0 Å². The number of nitrogens with zero attached hydrogens (tertiary/aromatic N) is 3. The average Bonchev–Trinajstić information content (AvgIpc) is 2.45. The van der Waals surface area contributed by atoms with Gasteiger partial charge in [-0.05, 0) is 17.7 Å². The van der Waals surface area contributed by atoms with Crippen molar-refractivity contribution in [3.63, 3.8) is 0 Å². The molecule has 20 heavy (non-hydrogen) atoms. The number of hydrogen-bond acceptors (Lipinski definition) is 7. The Morgan fingerprint density at radius 1 is 1.25 bits per heavy atom. The summed E-state index contributed by atoms with van der Waals surface area (Å²) in [4.78, 5) is 29.2. The molecule has 0 aliphatic rings. The van der Waals surface area contributed by atoms with E-state index in [1.165, 1.54) is 36.7 Å². The Morgan fingerprint density at radius 3 is 2.50 bits per heavy atom. The van der Waals surface area contributed by atoms with Gasteiger partial charge in [0, 0.05) is 24.5 Å². The van der Waals surface area contributed by atoms with Crippen LogP contribution in [0.25, 0.3) is 0 Å². The largest absolute Gasteiger partial charge is 0.456 e. The van der Waals surface area contributed by atoms with Crippen molar-refractivity contribution in [1.29, 1.82) is 0 Å². The minimum absolute atomic E-state index is 0.0128. The quantitative estimate of drug-likeness (QED) is 0.507. The van der Waals surface area contributed by atoms with E-state index in [-0.39, 0.29) is 23.8 Å². The van der Waals surface area contributed by atoms with E-state index < -0.39 is 10.9 Å². The molecule has 0 aliphatic carbocycles. The molecule has 0 atom stereocenters. The molecule has 1 aromatic carbocycles. The molecule has 8 nitrogen and oxygen atoms in total. The highest BCUT2D eigenvalue weighted by molar-refractivity contribution is 5.91. The number of aromatic nitrogens is 2. The molecule has 2 rings (SSSR count). The van der Waals surface area contributed by atoms with E-state index in [9.17, 15) is 14.9 Å². The molecule has 0 spiro atoms. The molecule has 0 radical (unpaired) electrons. The van der Waals surface area contributed by atoms with Crippen molar-refractivity contribution < 1.29 is 14.5 Å². The highest BCUT2D eigenvalue weighted by atomic mass is 16.6. The Bertz CT molecular complexity index is 642. The van der Waals surface area contributed by atoms with Gasteiger partial charge in [0.25, 0.3) is 5.69 Å². The zero-order valence-corrected chi connectivity index (χ0v) is 10.2. The first kappa shape index (κ1) is 13.4. The lowest BCUT2D eigenvalue weighted by molar-refractivity contribution is -0.384. The second kappa shape index (κ2) is 5.74.